The molecule has 1 aromatic heterocycles. The second-order valence-electron chi connectivity index (χ2n) is 9.14. The van der Waals surface area contributed by atoms with E-state index in [0.717, 1.165) is 13.0 Å². The predicted octanol–water partition coefficient (Wildman–Crippen LogP) is 4.25. The van der Waals surface area contributed by atoms with Gasteiger partial charge in [-0.3, -0.25) is 9.69 Å². The Bertz CT molecular complexity index is 1160. The van der Waals surface area contributed by atoms with Crippen molar-refractivity contribution in [1.82, 2.24) is 19.8 Å². The molecule has 3 aromatic carbocycles. The number of amides is 1. The zero-order valence-electron chi connectivity index (χ0n) is 19.7. The number of nitrogens with zero attached hydrogens (tertiary/aromatic N) is 3. The fourth-order valence-corrected chi connectivity index (χ4v) is 5.18. The number of aromatic nitrogens is 2. The number of benzene rings is 3. The van der Waals surface area contributed by atoms with Crippen molar-refractivity contribution in [2.45, 2.75) is 24.7 Å². The third kappa shape index (κ3) is 5.19. The van der Waals surface area contributed by atoms with Crippen molar-refractivity contribution in [3.63, 3.8) is 0 Å². The van der Waals surface area contributed by atoms with E-state index in [0.29, 0.717) is 12.1 Å². The monoisotopic (exact) mass is 465 g/mol. The van der Waals surface area contributed by atoms with Gasteiger partial charge in [-0.25, -0.2) is 4.98 Å². The standard InChI is InChI=1S/C29H31N5O/c30-27-18-25(19-32-29(35)24-14-8-3-9-15-24)26(33-17-16-31-21-33)20-34(27)28(22-10-4-1-5-11-22)23-12-6-2-7-13-23/h1-17,21,25-28H,18-20,30H2,(H,32,35). The van der Waals surface area contributed by atoms with Crippen molar-refractivity contribution in [1.29, 1.82) is 0 Å². The Morgan fingerprint density at radius 1 is 0.943 bits per heavy atom. The van der Waals surface area contributed by atoms with Crippen LogP contribution in [0.25, 0.3) is 0 Å². The van der Waals surface area contributed by atoms with Crippen molar-refractivity contribution in [3.05, 3.63) is 126 Å². The molecule has 6 heteroatoms. The maximum absolute atomic E-state index is 12.7. The van der Waals surface area contributed by atoms with Crippen LogP contribution in [0.2, 0.25) is 0 Å². The minimum Gasteiger partial charge on any atom is -0.352 e. The van der Waals surface area contributed by atoms with Gasteiger partial charge >= 0.3 is 0 Å². The topological polar surface area (TPSA) is 76.2 Å². The molecule has 3 N–H and O–H groups in total. The Hall–Kier alpha value is -3.74. The van der Waals surface area contributed by atoms with Crippen LogP contribution in [0.4, 0.5) is 0 Å². The van der Waals surface area contributed by atoms with Crippen molar-refractivity contribution in [3.8, 4) is 0 Å². The zero-order valence-corrected chi connectivity index (χ0v) is 19.7. The van der Waals surface area contributed by atoms with Crippen LogP contribution >= 0.6 is 0 Å². The van der Waals surface area contributed by atoms with Gasteiger partial charge in [0.25, 0.3) is 5.91 Å². The summed E-state index contributed by atoms with van der Waals surface area (Å²) >= 11 is 0. The number of nitrogens with one attached hydrogen (secondary N) is 1. The Morgan fingerprint density at radius 3 is 2.11 bits per heavy atom. The van der Waals surface area contributed by atoms with Crippen LogP contribution in [0.5, 0.6) is 0 Å². The Balaban J connectivity index is 1.41. The Morgan fingerprint density at radius 2 is 1.54 bits per heavy atom. The summed E-state index contributed by atoms with van der Waals surface area (Å²) in [5.41, 5.74) is 9.97. The van der Waals surface area contributed by atoms with E-state index >= 15 is 0 Å². The molecule has 2 heterocycles. The summed E-state index contributed by atoms with van der Waals surface area (Å²) in [7, 11) is 0. The first kappa shape index (κ1) is 23.0. The van der Waals surface area contributed by atoms with Gasteiger partial charge in [0.15, 0.2) is 0 Å². The molecule has 1 fully saturated rings. The van der Waals surface area contributed by atoms with Gasteiger partial charge in [0, 0.05) is 37.0 Å². The van der Waals surface area contributed by atoms with E-state index in [1.54, 1.807) is 0 Å². The fraction of sp³-hybridized carbons (Fsp3) is 0.241. The summed E-state index contributed by atoms with van der Waals surface area (Å²) < 4.78 is 2.16. The highest BCUT2D eigenvalue weighted by Gasteiger charge is 2.39. The number of nitrogens with two attached hydrogens (primary N) is 1. The van der Waals surface area contributed by atoms with E-state index in [2.05, 4.69) is 68.3 Å². The van der Waals surface area contributed by atoms with Crippen molar-refractivity contribution >= 4 is 5.91 Å². The minimum atomic E-state index is -0.154. The molecular weight excluding hydrogens is 434 g/mol. The summed E-state index contributed by atoms with van der Waals surface area (Å²) in [6.45, 7) is 1.30. The SMILES string of the molecule is NC1CC(CNC(=O)c2ccccc2)C(n2ccnc2)CN1C(c1ccccc1)c1ccccc1. The van der Waals surface area contributed by atoms with Gasteiger partial charge in [-0.2, -0.15) is 0 Å². The third-order valence-electron chi connectivity index (χ3n) is 6.94. The van der Waals surface area contributed by atoms with E-state index in [1.165, 1.54) is 11.1 Å². The van der Waals surface area contributed by atoms with Crippen LogP contribution in [0, 0.1) is 5.92 Å². The molecule has 1 aliphatic rings. The number of carbonyl (C=O) groups excluding carboxylic acids is 1. The maximum Gasteiger partial charge on any atom is 0.251 e. The Labute approximate surface area is 206 Å². The number of carbonyl (C=O) groups is 1. The quantitative estimate of drug-likeness (QED) is 0.428. The number of rotatable bonds is 7. The normalized spacial score (nSPS) is 20.6. The highest BCUT2D eigenvalue weighted by Crippen LogP contribution is 2.38. The van der Waals surface area contributed by atoms with Gasteiger partial charge in [0.05, 0.1) is 24.6 Å². The summed E-state index contributed by atoms with van der Waals surface area (Å²) in [4.78, 5) is 19.4. The van der Waals surface area contributed by atoms with Gasteiger partial charge < -0.3 is 15.6 Å². The molecule has 0 aliphatic carbocycles. The first-order valence-electron chi connectivity index (χ1n) is 12.1. The first-order chi connectivity index (χ1) is 17.2. The van der Waals surface area contributed by atoms with Gasteiger partial charge in [-0.15, -0.1) is 0 Å². The molecule has 1 saturated heterocycles. The zero-order chi connectivity index (χ0) is 24.0. The van der Waals surface area contributed by atoms with Crippen LogP contribution in [-0.2, 0) is 0 Å². The average molecular weight is 466 g/mol. The highest BCUT2D eigenvalue weighted by atomic mass is 16.1. The summed E-state index contributed by atoms with van der Waals surface area (Å²) in [5.74, 6) is 0.118. The van der Waals surface area contributed by atoms with E-state index in [4.69, 9.17) is 5.73 Å². The third-order valence-corrected chi connectivity index (χ3v) is 6.94. The first-order valence-corrected chi connectivity index (χ1v) is 12.1. The molecule has 5 rings (SSSR count). The summed E-state index contributed by atoms with van der Waals surface area (Å²) in [5, 5.41) is 3.14. The van der Waals surface area contributed by atoms with Gasteiger partial charge in [-0.1, -0.05) is 78.9 Å². The molecule has 0 saturated carbocycles. The van der Waals surface area contributed by atoms with E-state index < -0.39 is 0 Å². The van der Waals surface area contributed by atoms with Crippen LogP contribution in [0.1, 0.15) is 40.0 Å². The molecule has 0 bridgehead atoms. The lowest BCUT2D eigenvalue weighted by Gasteiger charge is -2.46. The summed E-state index contributed by atoms with van der Waals surface area (Å²) in [6, 6.07) is 30.6. The van der Waals surface area contributed by atoms with E-state index in [9.17, 15) is 4.79 Å². The van der Waals surface area contributed by atoms with Gasteiger partial charge in [0.1, 0.15) is 0 Å². The molecule has 0 radical (unpaired) electrons. The van der Waals surface area contributed by atoms with Crippen molar-refractivity contribution in [2.24, 2.45) is 11.7 Å². The number of hydrogen-bond acceptors (Lipinski definition) is 4. The molecule has 1 aliphatic heterocycles. The van der Waals surface area contributed by atoms with Crippen LogP contribution in [0.3, 0.4) is 0 Å². The second kappa shape index (κ2) is 10.7. The average Bonchev–Trinajstić information content (AvgIpc) is 3.45. The smallest absolute Gasteiger partial charge is 0.251 e. The van der Waals surface area contributed by atoms with E-state index in [1.807, 2.05) is 61.2 Å². The fourth-order valence-electron chi connectivity index (χ4n) is 5.18. The molecule has 3 atom stereocenters. The van der Waals surface area contributed by atoms with Crippen LogP contribution < -0.4 is 11.1 Å². The lowest BCUT2D eigenvalue weighted by molar-refractivity contribution is 0.0444. The predicted molar refractivity (Wildman–Crippen MR) is 138 cm³/mol. The molecule has 0 spiro atoms. The molecule has 4 aromatic rings. The van der Waals surface area contributed by atoms with Crippen molar-refractivity contribution in [2.75, 3.05) is 13.1 Å². The number of likely N-dealkylation sites (tertiary alicyclic amines) is 1. The van der Waals surface area contributed by atoms with Gasteiger partial charge in [0.2, 0.25) is 0 Å². The molecule has 3 unspecified atom stereocenters. The molecule has 6 nitrogen and oxygen atoms in total. The maximum atomic E-state index is 12.7. The molecule has 178 valence electrons. The number of piperidine rings is 1. The largest absolute Gasteiger partial charge is 0.352 e. The lowest BCUT2D eigenvalue weighted by atomic mass is 9.86. The van der Waals surface area contributed by atoms with Crippen LogP contribution in [-0.4, -0.2) is 39.6 Å². The Kier molecular flexibility index (Phi) is 7.02. The minimum absolute atomic E-state index is 0.0401. The lowest BCUT2D eigenvalue weighted by Crippen LogP contribution is -2.55. The number of hydrogen-bond donors (Lipinski definition) is 2. The van der Waals surface area contributed by atoms with E-state index in [-0.39, 0.29) is 30.1 Å². The molecule has 35 heavy (non-hydrogen) atoms. The van der Waals surface area contributed by atoms with Crippen molar-refractivity contribution < 1.29 is 4.79 Å². The second-order valence-corrected chi connectivity index (χ2v) is 9.14. The highest BCUT2D eigenvalue weighted by molar-refractivity contribution is 5.94. The molecular formula is C29H31N5O. The van der Waals surface area contributed by atoms with Crippen LogP contribution in [0.15, 0.2) is 110 Å². The summed E-state index contributed by atoms with van der Waals surface area (Å²) in [6.07, 6.45) is 6.29. The van der Waals surface area contributed by atoms with Gasteiger partial charge in [-0.05, 0) is 29.7 Å². The number of imidazole rings is 1. The molecule has 1 amide bonds.